The summed E-state index contributed by atoms with van der Waals surface area (Å²) in [5, 5.41) is 13.1. The maximum Gasteiger partial charge on any atom is 0.264 e. The Morgan fingerprint density at radius 1 is 0.951 bits per heavy atom. The number of halogens is 1. The van der Waals surface area contributed by atoms with Gasteiger partial charge in [-0.2, -0.15) is 10.2 Å². The SMILES string of the molecule is CN1c2c(nn(-c3ccc(/C=N/NC(=S)Nc4cccc(Cl)c4)cc3)c2-c2ccccc2)-c2ccccc2S1(=O)=O. The average molecular weight is 599 g/mol. The van der Waals surface area contributed by atoms with Crippen LogP contribution in [0.5, 0.6) is 0 Å². The van der Waals surface area contributed by atoms with Crippen LogP contribution in [0.15, 0.2) is 113 Å². The fraction of sp³-hybridized carbons (Fsp3) is 0.0333. The summed E-state index contributed by atoms with van der Waals surface area (Å²) >= 11 is 11.3. The average Bonchev–Trinajstić information content (AvgIpc) is 3.38. The third-order valence-corrected chi connectivity index (χ3v) is 8.85. The summed E-state index contributed by atoms with van der Waals surface area (Å²) in [7, 11) is -2.18. The van der Waals surface area contributed by atoms with Gasteiger partial charge in [-0.05, 0) is 54.2 Å². The lowest BCUT2D eigenvalue weighted by Crippen LogP contribution is -2.30. The van der Waals surface area contributed by atoms with Gasteiger partial charge in [-0.3, -0.25) is 9.73 Å². The molecule has 11 heteroatoms. The highest BCUT2D eigenvalue weighted by Gasteiger charge is 2.38. The summed E-state index contributed by atoms with van der Waals surface area (Å²) in [6.45, 7) is 0. The van der Waals surface area contributed by atoms with Gasteiger partial charge in [0.05, 0.1) is 22.5 Å². The Morgan fingerprint density at radius 2 is 1.68 bits per heavy atom. The lowest BCUT2D eigenvalue weighted by molar-refractivity contribution is 0.594. The van der Waals surface area contributed by atoms with Crippen LogP contribution >= 0.6 is 23.8 Å². The summed E-state index contributed by atoms with van der Waals surface area (Å²) in [5.74, 6) is 0. The largest absolute Gasteiger partial charge is 0.331 e. The minimum atomic E-state index is -3.75. The van der Waals surface area contributed by atoms with E-state index in [0.29, 0.717) is 32.8 Å². The Balaban J connectivity index is 1.33. The summed E-state index contributed by atoms with van der Waals surface area (Å²) in [5.41, 5.74) is 8.39. The van der Waals surface area contributed by atoms with Crippen molar-refractivity contribution in [1.29, 1.82) is 0 Å². The number of rotatable bonds is 5. The molecule has 0 unspecified atom stereocenters. The molecule has 0 amide bonds. The van der Waals surface area contributed by atoms with E-state index < -0.39 is 10.0 Å². The van der Waals surface area contributed by atoms with Crippen LogP contribution in [0.1, 0.15) is 5.56 Å². The second-order valence-corrected chi connectivity index (χ2v) is 12.0. The highest BCUT2D eigenvalue weighted by molar-refractivity contribution is 7.93. The fourth-order valence-electron chi connectivity index (χ4n) is 4.68. The van der Waals surface area contributed by atoms with E-state index in [0.717, 1.165) is 22.5 Å². The molecular formula is C30H23ClN6O2S2. The van der Waals surface area contributed by atoms with E-state index in [1.54, 1.807) is 48.3 Å². The normalized spacial score (nSPS) is 13.5. The first kappa shape index (κ1) is 26.7. The molecule has 1 aliphatic heterocycles. The highest BCUT2D eigenvalue weighted by atomic mass is 35.5. The van der Waals surface area contributed by atoms with Crippen molar-refractivity contribution in [3.63, 3.8) is 0 Å². The predicted molar refractivity (Wildman–Crippen MR) is 168 cm³/mol. The Kier molecular flexibility index (Phi) is 7.04. The topological polar surface area (TPSA) is 91.6 Å². The molecule has 0 saturated carbocycles. The summed E-state index contributed by atoms with van der Waals surface area (Å²) in [6.07, 6.45) is 1.65. The molecule has 204 valence electrons. The smallest absolute Gasteiger partial charge is 0.264 e. The van der Waals surface area contributed by atoms with Gasteiger partial charge in [0.2, 0.25) is 0 Å². The number of benzene rings is 4. The molecule has 8 nitrogen and oxygen atoms in total. The number of aromatic nitrogens is 2. The zero-order valence-electron chi connectivity index (χ0n) is 21.7. The van der Waals surface area contributed by atoms with Crippen molar-refractivity contribution < 1.29 is 8.42 Å². The van der Waals surface area contributed by atoms with Gasteiger partial charge >= 0.3 is 0 Å². The van der Waals surface area contributed by atoms with E-state index in [-0.39, 0.29) is 4.90 Å². The van der Waals surface area contributed by atoms with Gasteiger partial charge in [-0.15, -0.1) is 0 Å². The monoisotopic (exact) mass is 598 g/mol. The fourth-order valence-corrected chi connectivity index (χ4v) is 6.44. The first-order valence-electron chi connectivity index (χ1n) is 12.6. The zero-order chi connectivity index (χ0) is 28.6. The predicted octanol–water partition coefficient (Wildman–Crippen LogP) is 6.32. The summed E-state index contributed by atoms with van der Waals surface area (Å²) < 4.78 is 30.0. The Labute approximate surface area is 248 Å². The molecule has 1 aromatic heterocycles. The van der Waals surface area contributed by atoms with Crippen molar-refractivity contribution in [3.8, 4) is 28.2 Å². The molecule has 6 rings (SSSR count). The van der Waals surface area contributed by atoms with Crippen LogP contribution in [0.4, 0.5) is 11.4 Å². The number of nitrogens with zero attached hydrogens (tertiary/aromatic N) is 4. The van der Waals surface area contributed by atoms with E-state index in [4.69, 9.17) is 28.9 Å². The maximum absolute atomic E-state index is 13.5. The van der Waals surface area contributed by atoms with Crippen LogP contribution in [0, 0.1) is 0 Å². The van der Waals surface area contributed by atoms with Gasteiger partial charge in [0.1, 0.15) is 11.4 Å². The third kappa shape index (κ3) is 5.08. The van der Waals surface area contributed by atoms with Crippen molar-refractivity contribution in [2.75, 3.05) is 16.7 Å². The van der Waals surface area contributed by atoms with Gasteiger partial charge in [-0.25, -0.2) is 13.1 Å². The molecule has 0 bridgehead atoms. The molecule has 2 N–H and O–H groups in total. The second-order valence-electron chi connectivity index (χ2n) is 9.22. The number of thiocarbonyl (C=S) groups is 1. The standard InChI is InChI=1S/C30H23ClN6O2S2/c1-36-29-27(25-12-5-6-13-26(25)41(36,38)39)35-37(28(29)21-8-3-2-4-9-21)24-16-14-20(15-17-24)19-32-34-30(40)33-23-11-7-10-22(31)18-23/h2-19H,1H3,(H2,33,34,40)/b32-19+. The van der Waals surface area contributed by atoms with E-state index >= 15 is 0 Å². The van der Waals surface area contributed by atoms with E-state index in [2.05, 4.69) is 15.8 Å². The molecule has 0 saturated heterocycles. The Bertz CT molecular complexity index is 1910. The number of nitrogens with one attached hydrogen (secondary N) is 2. The first-order chi connectivity index (χ1) is 19.8. The number of anilines is 2. The molecule has 0 fully saturated rings. The van der Waals surface area contributed by atoms with Crippen LogP contribution < -0.4 is 15.0 Å². The molecule has 5 aromatic rings. The zero-order valence-corrected chi connectivity index (χ0v) is 24.1. The van der Waals surface area contributed by atoms with Crippen molar-refractivity contribution in [2.24, 2.45) is 5.10 Å². The minimum absolute atomic E-state index is 0.237. The maximum atomic E-state index is 13.5. The third-order valence-electron chi connectivity index (χ3n) is 6.60. The van der Waals surface area contributed by atoms with Crippen LogP contribution in [0.3, 0.4) is 0 Å². The lowest BCUT2D eigenvalue weighted by Gasteiger charge is -2.26. The van der Waals surface area contributed by atoms with Gasteiger partial charge in [0.25, 0.3) is 10.0 Å². The molecule has 2 heterocycles. The molecule has 1 aliphatic rings. The molecule has 0 atom stereocenters. The minimum Gasteiger partial charge on any atom is -0.331 e. The van der Waals surface area contributed by atoms with Crippen molar-refractivity contribution in [1.82, 2.24) is 15.2 Å². The van der Waals surface area contributed by atoms with Crippen LogP contribution in [0.2, 0.25) is 5.02 Å². The van der Waals surface area contributed by atoms with Crippen LogP contribution in [-0.2, 0) is 10.0 Å². The number of sulfonamides is 1. The quantitative estimate of drug-likeness (QED) is 0.140. The number of hydrogen-bond donors (Lipinski definition) is 2. The van der Waals surface area contributed by atoms with E-state index in [1.165, 1.54) is 4.31 Å². The van der Waals surface area contributed by atoms with Crippen LogP contribution in [0.25, 0.3) is 28.2 Å². The lowest BCUT2D eigenvalue weighted by atomic mass is 10.1. The van der Waals surface area contributed by atoms with Crippen molar-refractivity contribution >= 4 is 56.5 Å². The summed E-state index contributed by atoms with van der Waals surface area (Å²) in [6, 6.07) is 31.5. The van der Waals surface area contributed by atoms with Gasteiger partial charge in [0, 0.05) is 28.9 Å². The number of fused-ring (bicyclic) bond motifs is 3. The number of hydrogen-bond acceptors (Lipinski definition) is 5. The van der Waals surface area contributed by atoms with E-state index in [1.807, 2.05) is 72.8 Å². The van der Waals surface area contributed by atoms with Gasteiger partial charge < -0.3 is 5.32 Å². The Hall–Kier alpha value is -4.51. The molecule has 0 radical (unpaired) electrons. The summed E-state index contributed by atoms with van der Waals surface area (Å²) in [4.78, 5) is 0.237. The van der Waals surface area contributed by atoms with Gasteiger partial charge in [0.15, 0.2) is 5.11 Å². The Morgan fingerprint density at radius 3 is 2.44 bits per heavy atom. The molecule has 0 spiro atoms. The molecule has 4 aromatic carbocycles. The molecule has 41 heavy (non-hydrogen) atoms. The van der Waals surface area contributed by atoms with E-state index in [9.17, 15) is 8.42 Å². The second kappa shape index (κ2) is 10.8. The van der Waals surface area contributed by atoms with Crippen LogP contribution in [-0.4, -0.2) is 36.6 Å². The first-order valence-corrected chi connectivity index (χ1v) is 14.8. The van der Waals surface area contributed by atoms with Crippen molar-refractivity contribution in [2.45, 2.75) is 4.90 Å². The molecular weight excluding hydrogens is 576 g/mol. The number of hydrazone groups is 1. The van der Waals surface area contributed by atoms with Crippen molar-refractivity contribution in [3.05, 3.63) is 114 Å². The van der Waals surface area contributed by atoms with Gasteiger partial charge in [-0.1, -0.05) is 78.3 Å². The molecule has 0 aliphatic carbocycles. The highest BCUT2D eigenvalue weighted by Crippen LogP contribution is 2.47.